The van der Waals surface area contributed by atoms with Crippen LogP contribution >= 0.6 is 15.9 Å². The number of benzene rings is 1. The first kappa shape index (κ1) is 16.6. The first-order valence-electron chi connectivity index (χ1n) is 6.19. The van der Waals surface area contributed by atoms with Crippen molar-refractivity contribution in [2.45, 2.75) is 25.8 Å². The maximum atomic E-state index is 13.9. The lowest BCUT2D eigenvalue weighted by atomic mass is 10.0. The number of sulfone groups is 1. The lowest BCUT2D eigenvalue weighted by Gasteiger charge is -2.19. The third-order valence-electron chi connectivity index (χ3n) is 2.80. The van der Waals surface area contributed by atoms with Crippen LogP contribution in [0.1, 0.15) is 31.4 Å². The van der Waals surface area contributed by atoms with Crippen molar-refractivity contribution >= 4 is 25.8 Å². The summed E-state index contributed by atoms with van der Waals surface area (Å²) < 4.78 is 36.8. The fraction of sp³-hybridized carbons (Fsp3) is 0.538. The molecule has 0 radical (unpaired) electrons. The molecule has 0 saturated heterocycles. The van der Waals surface area contributed by atoms with E-state index in [-0.39, 0.29) is 17.6 Å². The van der Waals surface area contributed by atoms with Crippen LogP contribution in [0.3, 0.4) is 0 Å². The van der Waals surface area contributed by atoms with Gasteiger partial charge in [0.2, 0.25) is 0 Å². The first-order valence-corrected chi connectivity index (χ1v) is 9.05. The van der Waals surface area contributed by atoms with Gasteiger partial charge in [0.15, 0.2) is 0 Å². The monoisotopic (exact) mass is 351 g/mol. The van der Waals surface area contributed by atoms with Crippen LogP contribution in [0.4, 0.5) is 4.39 Å². The summed E-state index contributed by atoms with van der Waals surface area (Å²) >= 11 is 3.22. The van der Waals surface area contributed by atoms with Crippen molar-refractivity contribution in [3.63, 3.8) is 0 Å². The van der Waals surface area contributed by atoms with Gasteiger partial charge in [-0.05, 0) is 31.5 Å². The minimum Gasteiger partial charge on any atom is -0.310 e. The number of rotatable bonds is 7. The number of halogens is 2. The van der Waals surface area contributed by atoms with Crippen molar-refractivity contribution in [1.82, 2.24) is 5.32 Å². The Hall–Kier alpha value is -0.460. The Morgan fingerprint density at radius 1 is 1.42 bits per heavy atom. The van der Waals surface area contributed by atoms with Crippen LogP contribution in [0.25, 0.3) is 0 Å². The second-order valence-corrected chi connectivity index (χ2v) is 7.72. The largest absolute Gasteiger partial charge is 0.310 e. The molecule has 0 heterocycles. The van der Waals surface area contributed by atoms with E-state index in [1.165, 1.54) is 12.3 Å². The van der Waals surface area contributed by atoms with Crippen LogP contribution in [0, 0.1) is 5.82 Å². The van der Waals surface area contributed by atoms with Crippen molar-refractivity contribution in [3.8, 4) is 0 Å². The second-order valence-electron chi connectivity index (χ2n) is 4.55. The lowest BCUT2D eigenvalue weighted by Crippen LogP contribution is -2.22. The maximum absolute atomic E-state index is 13.9. The molecular weight excluding hydrogens is 333 g/mol. The molecule has 0 aliphatic heterocycles. The van der Waals surface area contributed by atoms with Crippen LogP contribution in [0.15, 0.2) is 22.7 Å². The van der Waals surface area contributed by atoms with E-state index in [0.717, 1.165) is 0 Å². The van der Waals surface area contributed by atoms with Crippen LogP contribution < -0.4 is 5.32 Å². The first-order chi connectivity index (χ1) is 8.83. The standard InChI is InChI=1S/C13H19BrFNO2S/c1-3-16-13(5-4-8-19(2,17)18)11-7-6-10(14)9-12(11)15/h6-7,9,13,16H,3-5,8H2,1-2H3. The molecule has 0 aromatic heterocycles. The van der Waals surface area contributed by atoms with Gasteiger partial charge in [-0.2, -0.15) is 0 Å². The Bertz CT molecular complexity index is 519. The predicted molar refractivity (Wildman–Crippen MR) is 79.5 cm³/mol. The highest BCUT2D eigenvalue weighted by Gasteiger charge is 2.15. The zero-order valence-corrected chi connectivity index (χ0v) is 13.5. The van der Waals surface area contributed by atoms with E-state index in [4.69, 9.17) is 0 Å². The number of nitrogens with one attached hydrogen (secondary N) is 1. The van der Waals surface area contributed by atoms with Crippen molar-refractivity contribution in [3.05, 3.63) is 34.1 Å². The summed E-state index contributed by atoms with van der Waals surface area (Å²) in [5.74, 6) is -0.146. The molecule has 0 spiro atoms. The molecule has 1 aromatic carbocycles. The fourth-order valence-electron chi connectivity index (χ4n) is 1.95. The van der Waals surface area contributed by atoms with E-state index in [9.17, 15) is 12.8 Å². The average molecular weight is 352 g/mol. The highest BCUT2D eigenvalue weighted by atomic mass is 79.9. The SMILES string of the molecule is CCNC(CCCS(C)(=O)=O)c1ccc(Br)cc1F. The molecule has 1 aromatic rings. The van der Waals surface area contributed by atoms with Crippen LogP contribution in [-0.2, 0) is 9.84 Å². The van der Waals surface area contributed by atoms with Gasteiger partial charge in [0.05, 0.1) is 0 Å². The van der Waals surface area contributed by atoms with E-state index in [1.807, 2.05) is 6.92 Å². The van der Waals surface area contributed by atoms with E-state index < -0.39 is 9.84 Å². The third kappa shape index (κ3) is 6.01. The number of hydrogen-bond acceptors (Lipinski definition) is 3. The molecule has 0 aliphatic rings. The quantitative estimate of drug-likeness (QED) is 0.820. The fourth-order valence-corrected chi connectivity index (χ4v) is 2.97. The Labute approximate surface area is 122 Å². The maximum Gasteiger partial charge on any atom is 0.147 e. The summed E-state index contributed by atoms with van der Waals surface area (Å²) in [6.07, 6.45) is 2.33. The Morgan fingerprint density at radius 2 is 2.11 bits per heavy atom. The van der Waals surface area contributed by atoms with E-state index in [1.54, 1.807) is 12.1 Å². The smallest absolute Gasteiger partial charge is 0.147 e. The normalized spacial score (nSPS) is 13.5. The molecule has 1 rings (SSSR count). The minimum atomic E-state index is -2.96. The molecule has 6 heteroatoms. The molecule has 19 heavy (non-hydrogen) atoms. The van der Waals surface area contributed by atoms with Crippen molar-refractivity contribution in [1.29, 1.82) is 0 Å². The molecule has 108 valence electrons. The number of hydrogen-bond donors (Lipinski definition) is 1. The highest BCUT2D eigenvalue weighted by Crippen LogP contribution is 2.24. The van der Waals surface area contributed by atoms with Crippen molar-refractivity contribution < 1.29 is 12.8 Å². The lowest BCUT2D eigenvalue weighted by molar-refractivity contribution is 0.479. The van der Waals surface area contributed by atoms with E-state index in [2.05, 4.69) is 21.2 Å². The van der Waals surface area contributed by atoms with Gasteiger partial charge < -0.3 is 5.32 Å². The predicted octanol–water partition coefficient (Wildman–Crippen LogP) is 3.06. The summed E-state index contributed by atoms with van der Waals surface area (Å²) in [6, 6.07) is 4.79. The molecule has 3 nitrogen and oxygen atoms in total. The second kappa shape index (κ2) is 7.36. The Kier molecular flexibility index (Phi) is 6.42. The van der Waals surface area contributed by atoms with Gasteiger partial charge in [-0.1, -0.05) is 28.9 Å². The Balaban J connectivity index is 2.76. The zero-order valence-electron chi connectivity index (χ0n) is 11.1. The molecule has 0 aliphatic carbocycles. The highest BCUT2D eigenvalue weighted by molar-refractivity contribution is 9.10. The molecule has 1 N–H and O–H groups in total. The van der Waals surface area contributed by atoms with Crippen LogP contribution in [0.5, 0.6) is 0 Å². The molecule has 0 amide bonds. The molecule has 1 unspecified atom stereocenters. The zero-order chi connectivity index (χ0) is 14.5. The van der Waals surface area contributed by atoms with Gasteiger partial charge in [-0.15, -0.1) is 0 Å². The van der Waals surface area contributed by atoms with Crippen molar-refractivity contribution in [2.24, 2.45) is 0 Å². The summed E-state index contributed by atoms with van der Waals surface area (Å²) in [5, 5.41) is 3.20. The topological polar surface area (TPSA) is 46.2 Å². The molecule has 0 bridgehead atoms. The van der Waals surface area contributed by atoms with E-state index >= 15 is 0 Å². The van der Waals surface area contributed by atoms with Gasteiger partial charge >= 0.3 is 0 Å². The van der Waals surface area contributed by atoms with Gasteiger partial charge in [0, 0.05) is 28.1 Å². The minimum absolute atomic E-state index is 0.132. The molecular formula is C13H19BrFNO2S. The van der Waals surface area contributed by atoms with Gasteiger partial charge in [0.1, 0.15) is 15.7 Å². The Morgan fingerprint density at radius 3 is 2.63 bits per heavy atom. The summed E-state index contributed by atoms with van der Waals surface area (Å²) in [4.78, 5) is 0. The van der Waals surface area contributed by atoms with Gasteiger partial charge in [-0.25, -0.2) is 12.8 Å². The van der Waals surface area contributed by atoms with E-state index in [0.29, 0.717) is 29.4 Å². The molecule has 1 atom stereocenters. The third-order valence-corrected chi connectivity index (χ3v) is 4.32. The average Bonchev–Trinajstić information content (AvgIpc) is 2.26. The van der Waals surface area contributed by atoms with Crippen molar-refractivity contribution in [2.75, 3.05) is 18.6 Å². The summed E-state index contributed by atoms with van der Waals surface area (Å²) in [7, 11) is -2.96. The van der Waals surface area contributed by atoms with Gasteiger partial charge in [-0.3, -0.25) is 0 Å². The van der Waals surface area contributed by atoms with Gasteiger partial charge in [0.25, 0.3) is 0 Å². The summed E-state index contributed by atoms with van der Waals surface area (Å²) in [5.41, 5.74) is 0.582. The van der Waals surface area contributed by atoms with Crippen LogP contribution in [0.2, 0.25) is 0 Å². The molecule has 0 fully saturated rings. The summed E-state index contributed by atoms with van der Waals surface area (Å²) in [6.45, 7) is 2.65. The molecule has 0 saturated carbocycles. The van der Waals surface area contributed by atoms with Crippen LogP contribution in [-0.4, -0.2) is 27.0 Å².